The van der Waals surface area contributed by atoms with E-state index < -0.39 is 0 Å². The number of aryl methyl sites for hydroxylation is 1. The van der Waals surface area contributed by atoms with Gasteiger partial charge in [0.2, 0.25) is 11.5 Å². The average molecular weight is 433 g/mol. The van der Waals surface area contributed by atoms with Gasteiger partial charge in [0, 0.05) is 13.1 Å². The Morgan fingerprint density at radius 3 is 2.56 bits per heavy atom. The minimum atomic E-state index is -0.366. The minimum absolute atomic E-state index is 0.0365. The van der Waals surface area contributed by atoms with Gasteiger partial charge in [-0.25, -0.2) is 8.91 Å². The average Bonchev–Trinajstić information content (AvgIpc) is 3.04. The number of rotatable bonds is 3. The van der Waals surface area contributed by atoms with Crippen LogP contribution in [0.15, 0.2) is 47.3 Å². The van der Waals surface area contributed by atoms with Crippen molar-refractivity contribution >= 4 is 22.6 Å². The summed E-state index contributed by atoms with van der Waals surface area (Å²) >= 11 is 0. The van der Waals surface area contributed by atoms with Crippen molar-refractivity contribution in [3.05, 3.63) is 75.6 Å². The highest BCUT2D eigenvalue weighted by Crippen LogP contribution is 2.18. The smallest absolute Gasteiger partial charge is 0.296 e. The Kier molecular flexibility index (Phi) is 5.20. The maximum absolute atomic E-state index is 13.7. The van der Waals surface area contributed by atoms with Crippen molar-refractivity contribution in [3.63, 3.8) is 0 Å². The van der Waals surface area contributed by atoms with E-state index >= 15 is 0 Å². The van der Waals surface area contributed by atoms with Gasteiger partial charge in [0.05, 0.1) is 17.6 Å². The molecule has 0 radical (unpaired) electrons. The zero-order valence-electron chi connectivity index (χ0n) is 17.9. The van der Waals surface area contributed by atoms with Gasteiger partial charge in [0.15, 0.2) is 0 Å². The Morgan fingerprint density at radius 2 is 1.81 bits per heavy atom. The Morgan fingerprint density at radius 1 is 1.03 bits per heavy atom. The van der Waals surface area contributed by atoms with E-state index in [0.717, 1.165) is 31.2 Å². The number of carbonyl (C=O) groups excluding carboxylic acids is 1. The lowest BCUT2D eigenvalue weighted by Crippen LogP contribution is -2.32. The first-order valence-electron chi connectivity index (χ1n) is 10.9. The molecular weight excluding hydrogens is 409 g/mol. The topological polar surface area (TPSA) is 72.5 Å². The fraction of sp³-hybridized carbons (Fsp3) is 0.333. The molecule has 1 fully saturated rings. The molecule has 0 saturated carbocycles. The maximum atomic E-state index is 13.7. The number of benzene rings is 2. The molecule has 4 aromatic rings. The molecule has 0 bridgehead atoms. The van der Waals surface area contributed by atoms with E-state index in [-0.39, 0.29) is 35.3 Å². The second-order valence-corrected chi connectivity index (χ2v) is 8.39. The van der Waals surface area contributed by atoms with Crippen LogP contribution >= 0.6 is 0 Å². The lowest BCUT2D eigenvalue weighted by molar-refractivity contribution is 0.0749. The van der Waals surface area contributed by atoms with E-state index in [2.05, 4.69) is 10.1 Å². The van der Waals surface area contributed by atoms with Crippen LogP contribution in [0.5, 0.6) is 0 Å². The molecule has 32 heavy (non-hydrogen) atoms. The lowest BCUT2D eigenvalue weighted by atomic mass is 10.2. The van der Waals surface area contributed by atoms with Crippen LogP contribution in [0.1, 0.15) is 47.4 Å². The molecule has 1 saturated heterocycles. The summed E-state index contributed by atoms with van der Waals surface area (Å²) in [6.45, 7) is 3.49. The summed E-state index contributed by atoms with van der Waals surface area (Å²) in [6, 6.07) is 11.9. The molecule has 1 amide bonds. The van der Waals surface area contributed by atoms with Crippen LogP contribution in [0.25, 0.3) is 16.7 Å². The van der Waals surface area contributed by atoms with Gasteiger partial charge in [-0.2, -0.15) is 4.98 Å². The standard InChI is InChI=1S/C24H24FN5O2/c1-16-9-10-19-20(13-16)29(15-17-7-6-8-18(25)14-17)24(32)22-26-21(27-30(19)22)23(31)28-11-4-2-3-5-12-28/h6-10,13-14H,2-5,11-12,15H2,1H3. The molecule has 0 aliphatic carbocycles. The first-order chi connectivity index (χ1) is 15.5. The second-order valence-electron chi connectivity index (χ2n) is 8.39. The van der Waals surface area contributed by atoms with Gasteiger partial charge in [-0.05, 0) is 55.2 Å². The zero-order valence-corrected chi connectivity index (χ0v) is 17.9. The van der Waals surface area contributed by atoms with Crippen LogP contribution in [0, 0.1) is 12.7 Å². The van der Waals surface area contributed by atoms with Gasteiger partial charge in [0.25, 0.3) is 11.5 Å². The Labute approximate surface area is 184 Å². The number of amides is 1. The number of likely N-dealkylation sites (tertiary alicyclic amines) is 1. The van der Waals surface area contributed by atoms with Crippen molar-refractivity contribution in [2.24, 2.45) is 0 Å². The quantitative estimate of drug-likeness (QED) is 0.495. The predicted octanol–water partition coefficient (Wildman–Crippen LogP) is 3.56. The van der Waals surface area contributed by atoms with Gasteiger partial charge in [-0.15, -0.1) is 5.10 Å². The summed E-state index contributed by atoms with van der Waals surface area (Å²) < 4.78 is 16.8. The predicted molar refractivity (Wildman–Crippen MR) is 119 cm³/mol. The molecule has 0 atom stereocenters. The first-order valence-corrected chi connectivity index (χ1v) is 10.9. The van der Waals surface area contributed by atoms with Crippen molar-refractivity contribution in [1.29, 1.82) is 0 Å². The second kappa shape index (κ2) is 8.18. The molecule has 2 aromatic heterocycles. The van der Waals surface area contributed by atoms with E-state index in [1.807, 2.05) is 25.1 Å². The molecule has 164 valence electrons. The van der Waals surface area contributed by atoms with Crippen LogP contribution in [0.3, 0.4) is 0 Å². The normalized spacial score (nSPS) is 14.8. The Bertz CT molecular complexity index is 1380. The van der Waals surface area contributed by atoms with Gasteiger partial charge in [0.1, 0.15) is 5.82 Å². The maximum Gasteiger partial charge on any atom is 0.296 e. The number of carbonyl (C=O) groups is 1. The van der Waals surface area contributed by atoms with E-state index in [9.17, 15) is 14.0 Å². The molecule has 0 unspecified atom stereocenters. The molecule has 0 spiro atoms. The van der Waals surface area contributed by atoms with Crippen molar-refractivity contribution < 1.29 is 9.18 Å². The fourth-order valence-electron chi connectivity index (χ4n) is 4.36. The van der Waals surface area contributed by atoms with Gasteiger partial charge in [-0.1, -0.05) is 31.0 Å². The van der Waals surface area contributed by atoms with Crippen LogP contribution in [-0.2, 0) is 6.54 Å². The summed E-state index contributed by atoms with van der Waals surface area (Å²) in [7, 11) is 0. The molecule has 3 heterocycles. The number of hydrogen-bond acceptors (Lipinski definition) is 4. The molecule has 5 rings (SSSR count). The largest absolute Gasteiger partial charge is 0.336 e. The van der Waals surface area contributed by atoms with E-state index in [4.69, 9.17) is 0 Å². The third-order valence-electron chi connectivity index (χ3n) is 6.01. The number of halogens is 1. The Balaban J connectivity index is 1.66. The summed E-state index contributed by atoms with van der Waals surface area (Å²) in [6.07, 6.45) is 4.14. The van der Waals surface area contributed by atoms with Gasteiger partial charge < -0.3 is 4.90 Å². The van der Waals surface area contributed by atoms with Gasteiger partial charge in [-0.3, -0.25) is 14.2 Å². The summed E-state index contributed by atoms with van der Waals surface area (Å²) in [5.74, 6) is -0.564. The third-order valence-corrected chi connectivity index (χ3v) is 6.01. The summed E-state index contributed by atoms with van der Waals surface area (Å²) in [5, 5.41) is 4.44. The third kappa shape index (κ3) is 3.66. The summed E-state index contributed by atoms with van der Waals surface area (Å²) in [5.41, 5.74) is 2.70. The SMILES string of the molecule is Cc1ccc2c(c1)n(Cc1cccc(F)c1)c(=O)c1nc(C(=O)N3CCCCCC3)nn12. The van der Waals surface area contributed by atoms with Crippen molar-refractivity contribution in [2.45, 2.75) is 39.2 Å². The van der Waals surface area contributed by atoms with E-state index in [0.29, 0.717) is 29.7 Å². The monoisotopic (exact) mass is 433 g/mol. The van der Waals surface area contributed by atoms with Crippen LogP contribution in [0.4, 0.5) is 4.39 Å². The van der Waals surface area contributed by atoms with Gasteiger partial charge >= 0.3 is 0 Å². The van der Waals surface area contributed by atoms with Crippen molar-refractivity contribution in [1.82, 2.24) is 24.1 Å². The first kappa shape index (κ1) is 20.4. The van der Waals surface area contributed by atoms with Crippen LogP contribution in [0.2, 0.25) is 0 Å². The zero-order chi connectivity index (χ0) is 22.2. The molecule has 1 aliphatic rings. The Hall–Kier alpha value is -3.55. The number of nitrogens with zero attached hydrogens (tertiary/aromatic N) is 5. The fourth-order valence-corrected chi connectivity index (χ4v) is 4.36. The highest BCUT2D eigenvalue weighted by molar-refractivity contribution is 5.91. The molecule has 0 N–H and O–H groups in total. The van der Waals surface area contributed by atoms with Crippen LogP contribution < -0.4 is 5.56 Å². The minimum Gasteiger partial charge on any atom is -0.336 e. The van der Waals surface area contributed by atoms with Crippen LogP contribution in [-0.4, -0.2) is 43.1 Å². The molecule has 8 heteroatoms. The molecule has 1 aliphatic heterocycles. The molecule has 2 aromatic carbocycles. The van der Waals surface area contributed by atoms with E-state index in [1.54, 1.807) is 21.6 Å². The van der Waals surface area contributed by atoms with Crippen molar-refractivity contribution in [2.75, 3.05) is 13.1 Å². The lowest BCUT2D eigenvalue weighted by Gasteiger charge is -2.17. The van der Waals surface area contributed by atoms with Crippen molar-refractivity contribution in [3.8, 4) is 0 Å². The molecule has 7 nitrogen and oxygen atoms in total. The number of hydrogen-bond donors (Lipinski definition) is 0. The number of fused-ring (bicyclic) bond motifs is 3. The highest BCUT2D eigenvalue weighted by atomic mass is 19.1. The summed E-state index contributed by atoms with van der Waals surface area (Å²) in [4.78, 5) is 32.6. The van der Waals surface area contributed by atoms with E-state index in [1.165, 1.54) is 16.6 Å². The number of aromatic nitrogens is 4. The highest BCUT2D eigenvalue weighted by Gasteiger charge is 2.24. The molecular formula is C24H24FN5O2.